The van der Waals surface area contributed by atoms with Crippen molar-refractivity contribution in [3.05, 3.63) is 0 Å². The number of hydrogen-bond acceptors (Lipinski definition) is 2. The van der Waals surface area contributed by atoms with E-state index in [9.17, 15) is 4.79 Å². The summed E-state index contributed by atoms with van der Waals surface area (Å²) in [5, 5.41) is 11.9. The quantitative estimate of drug-likeness (QED) is 0.608. The summed E-state index contributed by atoms with van der Waals surface area (Å²) in [5.41, 5.74) is 0. The highest BCUT2D eigenvalue weighted by Gasteiger charge is 2.10. The smallest absolute Gasteiger partial charge is 0.303 e. The summed E-state index contributed by atoms with van der Waals surface area (Å²) in [5.74, 6) is -0.250. The van der Waals surface area contributed by atoms with Gasteiger partial charge in [-0.3, -0.25) is 4.79 Å². The molecule has 1 unspecified atom stereocenters. The Hall–Kier alpha value is -0.570. The molecule has 0 spiro atoms. The Labute approximate surface area is 125 Å². The fraction of sp³-hybridized carbons (Fsp3) is 0.941. The molecule has 1 aliphatic heterocycles. The number of nitrogens with one attached hydrogen (secondary N) is 1. The van der Waals surface area contributed by atoms with Gasteiger partial charge in [-0.15, -0.1) is 0 Å². The molecule has 0 aliphatic carbocycles. The van der Waals surface area contributed by atoms with Crippen molar-refractivity contribution < 1.29 is 9.90 Å². The largest absolute Gasteiger partial charge is 0.481 e. The molecule has 0 aromatic heterocycles. The first-order valence-electron chi connectivity index (χ1n) is 8.63. The van der Waals surface area contributed by atoms with Gasteiger partial charge < -0.3 is 10.4 Å². The fourth-order valence-corrected chi connectivity index (χ4v) is 2.54. The highest BCUT2D eigenvalue weighted by atomic mass is 16.4. The van der Waals surface area contributed by atoms with E-state index in [0.29, 0.717) is 12.3 Å². The molecule has 1 rings (SSSR count). The van der Waals surface area contributed by atoms with E-state index in [1.807, 2.05) is 0 Å². The number of aliphatic carboxylic acids is 1. The zero-order valence-electron chi connectivity index (χ0n) is 13.6. The zero-order chi connectivity index (χ0) is 15.1. The number of carboxylic acid groups (broad SMARTS) is 1. The third-order valence-corrected chi connectivity index (χ3v) is 3.96. The first-order valence-corrected chi connectivity index (χ1v) is 8.63. The average Bonchev–Trinajstić information content (AvgIpc) is 2.48. The fourth-order valence-electron chi connectivity index (χ4n) is 2.54. The van der Waals surface area contributed by atoms with Crippen LogP contribution in [0.3, 0.4) is 0 Å². The minimum absolute atomic E-state index is 0.351. The molecule has 1 atom stereocenters. The molecule has 0 radical (unpaired) electrons. The van der Waals surface area contributed by atoms with Crippen molar-refractivity contribution in [3.8, 4) is 0 Å². The van der Waals surface area contributed by atoms with E-state index in [1.54, 1.807) is 0 Å². The van der Waals surface area contributed by atoms with E-state index in [1.165, 1.54) is 64.5 Å². The molecule has 120 valence electrons. The lowest BCUT2D eigenvalue weighted by Crippen LogP contribution is -2.21. The standard InChI is InChI=1S/C12H24O2.C5H11N/c1-3-5-6-7-8-9-11(4-2)10-12(13)14;1-2-4-6-5-3-1/h11H,3-10H2,1-2H3,(H,13,14);6H,1-5H2. The Morgan fingerprint density at radius 1 is 1.05 bits per heavy atom. The first kappa shape index (κ1) is 19.4. The maximum Gasteiger partial charge on any atom is 0.303 e. The molecule has 1 saturated heterocycles. The molecule has 20 heavy (non-hydrogen) atoms. The van der Waals surface area contributed by atoms with Gasteiger partial charge in [0.25, 0.3) is 0 Å². The molecule has 1 fully saturated rings. The summed E-state index contributed by atoms with van der Waals surface area (Å²) in [6.07, 6.45) is 13.0. The van der Waals surface area contributed by atoms with Crippen molar-refractivity contribution in [2.75, 3.05) is 13.1 Å². The number of carbonyl (C=O) groups is 1. The van der Waals surface area contributed by atoms with Crippen LogP contribution in [0.1, 0.15) is 84.5 Å². The van der Waals surface area contributed by atoms with Crippen LogP contribution in [-0.4, -0.2) is 24.2 Å². The van der Waals surface area contributed by atoms with Gasteiger partial charge in [-0.2, -0.15) is 0 Å². The highest BCUT2D eigenvalue weighted by Crippen LogP contribution is 2.17. The third-order valence-electron chi connectivity index (χ3n) is 3.96. The van der Waals surface area contributed by atoms with Crippen LogP contribution in [0.4, 0.5) is 0 Å². The Balaban J connectivity index is 0.000000493. The number of carboxylic acids is 1. The summed E-state index contributed by atoms with van der Waals surface area (Å²) >= 11 is 0. The molecule has 3 nitrogen and oxygen atoms in total. The summed E-state index contributed by atoms with van der Waals surface area (Å²) in [7, 11) is 0. The highest BCUT2D eigenvalue weighted by molar-refractivity contribution is 5.66. The third kappa shape index (κ3) is 13.9. The van der Waals surface area contributed by atoms with Crippen LogP contribution < -0.4 is 5.32 Å². The van der Waals surface area contributed by atoms with Crippen LogP contribution in [0.5, 0.6) is 0 Å². The summed E-state index contributed by atoms with van der Waals surface area (Å²) in [4.78, 5) is 10.5. The number of piperidine rings is 1. The summed E-state index contributed by atoms with van der Waals surface area (Å²) in [6.45, 7) is 6.79. The maximum absolute atomic E-state index is 10.5. The molecule has 1 heterocycles. The van der Waals surface area contributed by atoms with Gasteiger partial charge >= 0.3 is 5.97 Å². The zero-order valence-corrected chi connectivity index (χ0v) is 13.6. The molecule has 1 aliphatic rings. The van der Waals surface area contributed by atoms with Crippen LogP contribution in [0.25, 0.3) is 0 Å². The van der Waals surface area contributed by atoms with Crippen molar-refractivity contribution in [2.24, 2.45) is 5.92 Å². The van der Waals surface area contributed by atoms with Crippen molar-refractivity contribution in [3.63, 3.8) is 0 Å². The van der Waals surface area contributed by atoms with Crippen LogP contribution in [0.2, 0.25) is 0 Å². The van der Waals surface area contributed by atoms with Crippen molar-refractivity contribution in [1.82, 2.24) is 5.32 Å². The Morgan fingerprint density at radius 3 is 2.10 bits per heavy atom. The summed E-state index contributed by atoms with van der Waals surface area (Å²) in [6, 6.07) is 0. The van der Waals surface area contributed by atoms with Gasteiger partial charge in [-0.1, -0.05) is 58.8 Å². The molecule has 0 aromatic carbocycles. The molecule has 3 heteroatoms. The molecular formula is C17H35NO2. The lowest BCUT2D eigenvalue weighted by molar-refractivity contribution is -0.138. The van der Waals surface area contributed by atoms with Crippen LogP contribution in [-0.2, 0) is 4.79 Å². The predicted molar refractivity (Wildman–Crippen MR) is 86.1 cm³/mol. The molecule has 0 aromatic rings. The lowest BCUT2D eigenvalue weighted by atomic mass is 9.95. The van der Waals surface area contributed by atoms with Crippen molar-refractivity contribution >= 4 is 5.97 Å². The Morgan fingerprint density at radius 2 is 1.70 bits per heavy atom. The predicted octanol–water partition coefficient (Wildman–Crippen LogP) is 4.61. The topological polar surface area (TPSA) is 49.3 Å². The van der Waals surface area contributed by atoms with Gasteiger partial charge in [0.2, 0.25) is 0 Å². The summed E-state index contributed by atoms with van der Waals surface area (Å²) < 4.78 is 0. The SMILES string of the molecule is C1CCNCC1.CCCCCCCC(CC)CC(=O)O. The van der Waals surface area contributed by atoms with Gasteiger partial charge in [-0.25, -0.2) is 0 Å². The van der Waals surface area contributed by atoms with Crippen molar-refractivity contribution in [1.29, 1.82) is 0 Å². The van der Waals surface area contributed by atoms with E-state index >= 15 is 0 Å². The van der Waals surface area contributed by atoms with E-state index in [0.717, 1.165) is 12.8 Å². The second-order valence-corrected chi connectivity index (χ2v) is 5.89. The average molecular weight is 285 g/mol. The van der Waals surface area contributed by atoms with E-state index in [-0.39, 0.29) is 0 Å². The number of rotatable bonds is 9. The van der Waals surface area contributed by atoms with Crippen LogP contribution >= 0.6 is 0 Å². The molecule has 0 saturated carbocycles. The normalized spacial score (nSPS) is 16.1. The van der Waals surface area contributed by atoms with Gasteiger partial charge in [0.05, 0.1) is 0 Å². The minimum Gasteiger partial charge on any atom is -0.481 e. The Kier molecular flexibility index (Phi) is 14.4. The number of hydrogen-bond donors (Lipinski definition) is 2. The monoisotopic (exact) mass is 285 g/mol. The van der Waals surface area contributed by atoms with E-state index < -0.39 is 5.97 Å². The van der Waals surface area contributed by atoms with Gasteiger partial charge in [0.1, 0.15) is 0 Å². The van der Waals surface area contributed by atoms with Gasteiger partial charge in [-0.05, 0) is 38.3 Å². The number of unbranched alkanes of at least 4 members (excludes halogenated alkanes) is 4. The van der Waals surface area contributed by atoms with Gasteiger partial charge in [0.15, 0.2) is 0 Å². The van der Waals surface area contributed by atoms with Crippen LogP contribution in [0, 0.1) is 5.92 Å². The van der Waals surface area contributed by atoms with E-state index in [2.05, 4.69) is 19.2 Å². The van der Waals surface area contributed by atoms with Crippen LogP contribution in [0.15, 0.2) is 0 Å². The molecule has 2 N–H and O–H groups in total. The van der Waals surface area contributed by atoms with Crippen molar-refractivity contribution in [2.45, 2.75) is 84.5 Å². The minimum atomic E-state index is -0.648. The second kappa shape index (κ2) is 14.8. The maximum atomic E-state index is 10.5. The van der Waals surface area contributed by atoms with Gasteiger partial charge in [0, 0.05) is 6.42 Å². The van der Waals surface area contributed by atoms with E-state index in [4.69, 9.17) is 5.11 Å². The lowest BCUT2D eigenvalue weighted by Gasteiger charge is -2.11. The Bertz CT molecular complexity index is 204. The second-order valence-electron chi connectivity index (χ2n) is 5.89. The molecule has 0 amide bonds. The first-order chi connectivity index (χ1) is 9.70. The molecular weight excluding hydrogens is 250 g/mol. The molecule has 0 bridgehead atoms.